The number of carbonyl (C=O) groups is 1. The Kier molecular flexibility index (Phi) is 4.84. The van der Waals surface area contributed by atoms with E-state index in [2.05, 4.69) is 4.90 Å². The Hall–Kier alpha value is -1.19. The standard InChI is InChI=1S/C18H27NO2/c1-17(2,16(20)15-9-5-4-6-10-15)13-19(3)14-18(21)11-7-8-12-18/h4-6,9-10,21H,7-8,11-14H2,1-3H3. The first-order chi connectivity index (χ1) is 9.82. The first kappa shape index (κ1) is 16.2. The molecule has 1 saturated carbocycles. The lowest BCUT2D eigenvalue weighted by Crippen LogP contribution is -2.44. The van der Waals surface area contributed by atoms with Gasteiger partial charge in [-0.05, 0) is 19.9 Å². The topological polar surface area (TPSA) is 40.5 Å². The van der Waals surface area contributed by atoms with Crippen LogP contribution in [0.25, 0.3) is 0 Å². The number of benzene rings is 1. The minimum Gasteiger partial charge on any atom is -0.389 e. The Labute approximate surface area is 128 Å². The molecule has 1 fully saturated rings. The second-order valence-electron chi connectivity index (χ2n) is 7.18. The van der Waals surface area contributed by atoms with Crippen LogP contribution in [0.15, 0.2) is 30.3 Å². The van der Waals surface area contributed by atoms with Gasteiger partial charge in [0, 0.05) is 24.1 Å². The van der Waals surface area contributed by atoms with E-state index in [-0.39, 0.29) is 5.78 Å². The SMILES string of the molecule is CN(CC1(O)CCCC1)CC(C)(C)C(=O)c1ccccc1. The lowest BCUT2D eigenvalue weighted by Gasteiger charge is -2.34. The molecule has 0 amide bonds. The number of likely N-dealkylation sites (N-methyl/N-ethyl adjacent to an activating group) is 1. The smallest absolute Gasteiger partial charge is 0.169 e. The van der Waals surface area contributed by atoms with E-state index in [1.807, 2.05) is 51.2 Å². The summed E-state index contributed by atoms with van der Waals surface area (Å²) in [5.41, 5.74) is -0.249. The summed E-state index contributed by atoms with van der Waals surface area (Å²) >= 11 is 0. The Morgan fingerprint density at radius 2 is 1.81 bits per heavy atom. The van der Waals surface area contributed by atoms with E-state index in [1.54, 1.807) is 0 Å². The zero-order valence-corrected chi connectivity index (χ0v) is 13.4. The highest BCUT2D eigenvalue weighted by Gasteiger charge is 2.35. The van der Waals surface area contributed by atoms with Crippen molar-refractivity contribution in [3.63, 3.8) is 0 Å². The Bertz CT molecular complexity index is 475. The fourth-order valence-electron chi connectivity index (χ4n) is 3.48. The number of carbonyl (C=O) groups excluding carboxylic acids is 1. The summed E-state index contributed by atoms with van der Waals surface area (Å²) < 4.78 is 0. The summed E-state index contributed by atoms with van der Waals surface area (Å²) in [7, 11) is 2.00. The van der Waals surface area contributed by atoms with Gasteiger partial charge in [0.2, 0.25) is 0 Å². The number of hydrogen-bond acceptors (Lipinski definition) is 3. The highest BCUT2D eigenvalue weighted by molar-refractivity contribution is 6.00. The number of rotatable bonds is 6. The summed E-state index contributed by atoms with van der Waals surface area (Å²) in [6.45, 7) is 5.27. The third kappa shape index (κ3) is 4.14. The van der Waals surface area contributed by atoms with Crippen LogP contribution in [0.1, 0.15) is 49.9 Å². The minimum atomic E-state index is -0.555. The van der Waals surface area contributed by atoms with Crippen molar-refractivity contribution in [2.75, 3.05) is 20.1 Å². The Balaban J connectivity index is 1.98. The van der Waals surface area contributed by atoms with Gasteiger partial charge in [-0.1, -0.05) is 57.0 Å². The van der Waals surface area contributed by atoms with E-state index in [0.717, 1.165) is 31.2 Å². The molecule has 1 aliphatic rings. The molecule has 21 heavy (non-hydrogen) atoms. The van der Waals surface area contributed by atoms with Gasteiger partial charge in [0.05, 0.1) is 5.60 Å². The normalized spacial score (nSPS) is 18.1. The van der Waals surface area contributed by atoms with Crippen molar-refractivity contribution in [1.29, 1.82) is 0 Å². The third-order valence-electron chi connectivity index (χ3n) is 4.41. The molecule has 116 valence electrons. The molecule has 1 aliphatic carbocycles. The summed E-state index contributed by atoms with van der Waals surface area (Å²) in [4.78, 5) is 14.7. The average molecular weight is 289 g/mol. The van der Waals surface area contributed by atoms with E-state index >= 15 is 0 Å². The van der Waals surface area contributed by atoms with E-state index in [4.69, 9.17) is 0 Å². The fraction of sp³-hybridized carbons (Fsp3) is 0.611. The highest BCUT2D eigenvalue weighted by Crippen LogP contribution is 2.31. The third-order valence-corrected chi connectivity index (χ3v) is 4.41. The molecule has 3 heteroatoms. The van der Waals surface area contributed by atoms with Crippen LogP contribution >= 0.6 is 0 Å². The van der Waals surface area contributed by atoms with Crippen LogP contribution in [0, 0.1) is 5.41 Å². The van der Waals surface area contributed by atoms with E-state index in [0.29, 0.717) is 13.1 Å². The molecule has 1 aromatic rings. The summed E-state index contributed by atoms with van der Waals surface area (Å²) in [5, 5.41) is 10.5. The molecule has 0 saturated heterocycles. The number of Topliss-reactive ketones (excluding diaryl/α,β-unsaturated/α-hetero) is 1. The van der Waals surface area contributed by atoms with E-state index < -0.39 is 11.0 Å². The maximum absolute atomic E-state index is 12.6. The molecule has 0 bridgehead atoms. The van der Waals surface area contributed by atoms with Crippen LogP contribution in [0.5, 0.6) is 0 Å². The van der Waals surface area contributed by atoms with Crippen LogP contribution < -0.4 is 0 Å². The molecule has 0 atom stereocenters. The monoisotopic (exact) mass is 289 g/mol. The van der Waals surface area contributed by atoms with Gasteiger partial charge in [-0.3, -0.25) is 4.79 Å². The molecule has 0 unspecified atom stereocenters. The second-order valence-corrected chi connectivity index (χ2v) is 7.18. The molecule has 0 radical (unpaired) electrons. The maximum atomic E-state index is 12.6. The van der Waals surface area contributed by atoms with E-state index in [9.17, 15) is 9.90 Å². The molecule has 3 nitrogen and oxygen atoms in total. The first-order valence-electron chi connectivity index (χ1n) is 7.83. The molecule has 1 aromatic carbocycles. The van der Waals surface area contributed by atoms with Gasteiger partial charge >= 0.3 is 0 Å². The largest absolute Gasteiger partial charge is 0.389 e. The van der Waals surface area contributed by atoms with Gasteiger partial charge in [0.15, 0.2) is 5.78 Å². The van der Waals surface area contributed by atoms with E-state index in [1.165, 1.54) is 0 Å². The lowest BCUT2D eigenvalue weighted by atomic mass is 9.83. The lowest BCUT2D eigenvalue weighted by molar-refractivity contribution is 0.00860. The van der Waals surface area contributed by atoms with Gasteiger partial charge in [0.1, 0.15) is 0 Å². The van der Waals surface area contributed by atoms with Gasteiger partial charge < -0.3 is 10.0 Å². The van der Waals surface area contributed by atoms with Crippen LogP contribution in [0.2, 0.25) is 0 Å². The van der Waals surface area contributed by atoms with Crippen molar-refractivity contribution in [2.24, 2.45) is 5.41 Å². The van der Waals surface area contributed by atoms with Gasteiger partial charge in [-0.25, -0.2) is 0 Å². The molecule has 0 aromatic heterocycles. The molecule has 0 heterocycles. The number of aliphatic hydroxyl groups is 1. The van der Waals surface area contributed by atoms with Gasteiger partial charge in [0.25, 0.3) is 0 Å². The molecular formula is C18H27NO2. The average Bonchev–Trinajstić information content (AvgIpc) is 2.84. The van der Waals surface area contributed by atoms with Crippen molar-refractivity contribution in [3.8, 4) is 0 Å². The number of ketones is 1. The number of nitrogens with zero attached hydrogens (tertiary/aromatic N) is 1. The fourth-order valence-corrected chi connectivity index (χ4v) is 3.48. The van der Waals surface area contributed by atoms with Crippen molar-refractivity contribution in [2.45, 2.75) is 45.1 Å². The second kappa shape index (κ2) is 6.29. The quantitative estimate of drug-likeness (QED) is 0.818. The maximum Gasteiger partial charge on any atom is 0.169 e. The Morgan fingerprint density at radius 1 is 1.24 bits per heavy atom. The van der Waals surface area contributed by atoms with Gasteiger partial charge in [-0.2, -0.15) is 0 Å². The van der Waals surface area contributed by atoms with Crippen molar-refractivity contribution < 1.29 is 9.90 Å². The summed E-state index contributed by atoms with van der Waals surface area (Å²) in [6, 6.07) is 9.46. The zero-order chi connectivity index (χ0) is 15.5. The minimum absolute atomic E-state index is 0.161. The van der Waals surface area contributed by atoms with Crippen LogP contribution in [-0.2, 0) is 0 Å². The van der Waals surface area contributed by atoms with Crippen molar-refractivity contribution in [1.82, 2.24) is 4.90 Å². The van der Waals surface area contributed by atoms with Crippen LogP contribution in [0.4, 0.5) is 0 Å². The van der Waals surface area contributed by atoms with Crippen LogP contribution in [0.3, 0.4) is 0 Å². The molecule has 0 spiro atoms. The molecule has 1 N–H and O–H groups in total. The number of hydrogen-bond donors (Lipinski definition) is 1. The van der Waals surface area contributed by atoms with Crippen LogP contribution in [-0.4, -0.2) is 41.5 Å². The van der Waals surface area contributed by atoms with Gasteiger partial charge in [-0.15, -0.1) is 0 Å². The summed E-state index contributed by atoms with van der Waals surface area (Å²) in [6.07, 6.45) is 3.97. The zero-order valence-electron chi connectivity index (χ0n) is 13.4. The van der Waals surface area contributed by atoms with Crippen molar-refractivity contribution >= 4 is 5.78 Å². The Morgan fingerprint density at radius 3 is 2.38 bits per heavy atom. The predicted molar refractivity (Wildman–Crippen MR) is 85.5 cm³/mol. The highest BCUT2D eigenvalue weighted by atomic mass is 16.3. The summed E-state index contributed by atoms with van der Waals surface area (Å²) in [5.74, 6) is 0.161. The molecule has 2 rings (SSSR count). The predicted octanol–water partition coefficient (Wildman–Crippen LogP) is 3.13. The first-order valence-corrected chi connectivity index (χ1v) is 7.83. The molecular weight excluding hydrogens is 262 g/mol. The molecule has 0 aliphatic heterocycles. The van der Waals surface area contributed by atoms with Crippen molar-refractivity contribution in [3.05, 3.63) is 35.9 Å².